The minimum absolute atomic E-state index is 0.0606. The molecule has 2 rings (SSSR count). The number of hydrogen-bond acceptors (Lipinski definition) is 3. The Bertz CT molecular complexity index is 835. The van der Waals surface area contributed by atoms with E-state index in [0.717, 1.165) is 16.7 Å². The lowest BCUT2D eigenvalue weighted by atomic mass is 9.98. The third-order valence-corrected chi connectivity index (χ3v) is 4.36. The second kappa shape index (κ2) is 9.92. The van der Waals surface area contributed by atoms with E-state index in [2.05, 4.69) is 48.3 Å². The molecule has 2 aromatic carbocycles. The number of alkyl carbamates (subject to hydrolysis) is 1. The van der Waals surface area contributed by atoms with Crippen LogP contribution in [0.4, 0.5) is 4.79 Å². The van der Waals surface area contributed by atoms with Gasteiger partial charge in [0.2, 0.25) is 0 Å². The van der Waals surface area contributed by atoms with Crippen LogP contribution in [0.5, 0.6) is 0 Å². The van der Waals surface area contributed by atoms with E-state index in [-0.39, 0.29) is 18.0 Å². The van der Waals surface area contributed by atoms with Crippen molar-refractivity contribution in [2.75, 3.05) is 0 Å². The normalized spacial score (nSPS) is 12.1. The van der Waals surface area contributed by atoms with Crippen molar-refractivity contribution in [1.29, 1.82) is 0 Å². The van der Waals surface area contributed by atoms with Gasteiger partial charge in [0, 0.05) is 11.6 Å². The lowest BCUT2D eigenvalue weighted by Crippen LogP contribution is -2.40. The van der Waals surface area contributed by atoms with E-state index in [1.165, 1.54) is 0 Å². The van der Waals surface area contributed by atoms with Crippen molar-refractivity contribution in [1.82, 2.24) is 5.32 Å². The Labute approximate surface area is 172 Å². The van der Waals surface area contributed by atoms with Crippen molar-refractivity contribution in [3.63, 3.8) is 0 Å². The molecule has 5 nitrogen and oxygen atoms in total. The zero-order chi connectivity index (χ0) is 21.4. The average molecular weight is 395 g/mol. The van der Waals surface area contributed by atoms with Gasteiger partial charge in [-0.2, -0.15) is 0 Å². The van der Waals surface area contributed by atoms with Crippen LogP contribution < -0.4 is 5.32 Å². The fourth-order valence-electron chi connectivity index (χ4n) is 2.92. The summed E-state index contributed by atoms with van der Waals surface area (Å²) < 4.78 is 5.30. The molecule has 0 saturated heterocycles. The summed E-state index contributed by atoms with van der Waals surface area (Å²) in [6.45, 7) is 8.94. The van der Waals surface area contributed by atoms with Crippen molar-refractivity contribution in [2.45, 2.75) is 51.7 Å². The molecule has 0 aliphatic rings. The van der Waals surface area contributed by atoms with Gasteiger partial charge in [-0.15, -0.1) is 0 Å². The molecule has 0 saturated carbocycles. The zero-order valence-electron chi connectivity index (χ0n) is 17.3. The second-order valence-corrected chi connectivity index (χ2v) is 8.06. The predicted molar refractivity (Wildman–Crippen MR) is 115 cm³/mol. The fraction of sp³-hybridized carbons (Fsp3) is 0.333. The number of carbonyl (C=O) groups is 2. The van der Waals surface area contributed by atoms with Gasteiger partial charge in [-0.05, 0) is 56.7 Å². The fourth-order valence-corrected chi connectivity index (χ4v) is 2.92. The summed E-state index contributed by atoms with van der Waals surface area (Å²) in [6, 6.07) is 18.0. The lowest BCUT2D eigenvalue weighted by Gasteiger charge is -2.24. The third-order valence-electron chi connectivity index (χ3n) is 4.36. The van der Waals surface area contributed by atoms with Gasteiger partial charge < -0.3 is 15.2 Å². The monoisotopic (exact) mass is 395 g/mol. The van der Waals surface area contributed by atoms with Crippen LogP contribution in [-0.4, -0.2) is 28.8 Å². The molecule has 0 radical (unpaired) electrons. The highest BCUT2D eigenvalue weighted by Gasteiger charge is 2.21. The molecular weight excluding hydrogens is 366 g/mol. The molecule has 1 amide bonds. The molecule has 0 aliphatic carbocycles. The van der Waals surface area contributed by atoms with E-state index in [1.807, 2.05) is 18.2 Å². The van der Waals surface area contributed by atoms with Crippen molar-refractivity contribution in [2.24, 2.45) is 0 Å². The average Bonchev–Trinajstić information content (AvgIpc) is 2.65. The van der Waals surface area contributed by atoms with E-state index in [1.54, 1.807) is 20.8 Å². The second-order valence-electron chi connectivity index (χ2n) is 8.06. The first-order chi connectivity index (χ1) is 13.6. The van der Waals surface area contributed by atoms with Crippen molar-refractivity contribution in [3.8, 4) is 11.1 Å². The number of rotatable bonds is 8. The highest BCUT2D eigenvalue weighted by molar-refractivity contribution is 5.86. The van der Waals surface area contributed by atoms with Crippen LogP contribution in [0.15, 0.2) is 66.7 Å². The zero-order valence-corrected chi connectivity index (χ0v) is 17.3. The molecule has 0 bridgehead atoms. The minimum Gasteiger partial charge on any atom is -0.478 e. The number of hydrogen-bond donors (Lipinski definition) is 2. The van der Waals surface area contributed by atoms with Gasteiger partial charge in [-0.25, -0.2) is 9.59 Å². The number of ether oxygens (including phenoxy) is 1. The predicted octanol–water partition coefficient (Wildman–Crippen LogP) is 5.21. The minimum atomic E-state index is -1.06. The lowest BCUT2D eigenvalue weighted by molar-refractivity contribution is -0.132. The molecule has 29 heavy (non-hydrogen) atoms. The topological polar surface area (TPSA) is 75.6 Å². The molecule has 0 heterocycles. The number of amides is 1. The van der Waals surface area contributed by atoms with Crippen LogP contribution in [0.25, 0.3) is 11.1 Å². The van der Waals surface area contributed by atoms with Crippen LogP contribution in [0.3, 0.4) is 0 Å². The van der Waals surface area contributed by atoms with E-state index >= 15 is 0 Å². The molecule has 0 fully saturated rings. The molecular formula is C24H29NO4. The largest absolute Gasteiger partial charge is 0.478 e. The Morgan fingerprint density at radius 1 is 1.03 bits per heavy atom. The van der Waals surface area contributed by atoms with E-state index in [9.17, 15) is 9.59 Å². The smallest absolute Gasteiger partial charge is 0.407 e. The maximum absolute atomic E-state index is 12.1. The van der Waals surface area contributed by atoms with Crippen molar-refractivity contribution in [3.05, 3.63) is 72.3 Å². The standard InChI is InChI=1S/C24H29NO4/c1-17(22(26)27)16-21(25-23(28)29-24(2,3)4)15-12-18-10-13-20(14-11-18)19-8-6-5-7-9-19/h5-11,13-14,21H,1,12,15-16H2,2-4H3,(H,25,28)(H,26,27). The first kappa shape index (κ1) is 22.2. The van der Waals surface area contributed by atoms with Crippen molar-refractivity contribution >= 4 is 12.1 Å². The van der Waals surface area contributed by atoms with E-state index < -0.39 is 17.7 Å². The number of carboxylic acids is 1. The van der Waals surface area contributed by atoms with Gasteiger partial charge in [-0.1, -0.05) is 61.2 Å². The Morgan fingerprint density at radius 2 is 1.62 bits per heavy atom. The summed E-state index contributed by atoms with van der Waals surface area (Å²) in [5.41, 5.74) is 2.84. The van der Waals surface area contributed by atoms with Gasteiger partial charge in [-0.3, -0.25) is 0 Å². The molecule has 2 aromatic rings. The Hall–Kier alpha value is -3.08. The Morgan fingerprint density at radius 3 is 2.17 bits per heavy atom. The SMILES string of the molecule is C=C(CC(CCc1ccc(-c2ccccc2)cc1)NC(=O)OC(C)(C)C)C(=O)O. The summed E-state index contributed by atoms with van der Waals surface area (Å²) in [7, 11) is 0. The van der Waals surface area contributed by atoms with E-state index in [0.29, 0.717) is 12.8 Å². The molecule has 0 aliphatic heterocycles. The highest BCUT2D eigenvalue weighted by atomic mass is 16.6. The first-order valence-corrected chi connectivity index (χ1v) is 9.69. The summed E-state index contributed by atoms with van der Waals surface area (Å²) >= 11 is 0. The third kappa shape index (κ3) is 7.82. The van der Waals surface area contributed by atoms with Crippen LogP contribution in [0, 0.1) is 0 Å². The molecule has 1 atom stereocenters. The number of aliphatic carboxylic acids is 1. The molecule has 2 N–H and O–H groups in total. The Kier molecular flexibility index (Phi) is 7.59. The quantitative estimate of drug-likeness (QED) is 0.602. The number of carboxylic acid groups (broad SMARTS) is 1. The molecule has 0 spiro atoms. The van der Waals surface area contributed by atoms with Crippen LogP contribution >= 0.6 is 0 Å². The van der Waals surface area contributed by atoms with E-state index in [4.69, 9.17) is 9.84 Å². The molecule has 5 heteroatoms. The van der Waals surface area contributed by atoms with Gasteiger partial charge in [0.1, 0.15) is 5.60 Å². The van der Waals surface area contributed by atoms with Gasteiger partial charge >= 0.3 is 12.1 Å². The van der Waals surface area contributed by atoms with Crippen LogP contribution in [0.2, 0.25) is 0 Å². The first-order valence-electron chi connectivity index (χ1n) is 9.69. The maximum Gasteiger partial charge on any atom is 0.407 e. The molecule has 0 aromatic heterocycles. The number of benzene rings is 2. The summed E-state index contributed by atoms with van der Waals surface area (Å²) in [4.78, 5) is 23.3. The van der Waals surface area contributed by atoms with Gasteiger partial charge in [0.15, 0.2) is 0 Å². The highest BCUT2D eigenvalue weighted by Crippen LogP contribution is 2.20. The number of aryl methyl sites for hydroxylation is 1. The summed E-state index contributed by atoms with van der Waals surface area (Å²) in [5.74, 6) is -1.06. The number of carbonyl (C=O) groups excluding carboxylic acids is 1. The number of nitrogens with one attached hydrogen (secondary N) is 1. The summed E-state index contributed by atoms with van der Waals surface area (Å²) in [6.07, 6.45) is 0.884. The van der Waals surface area contributed by atoms with Crippen LogP contribution in [-0.2, 0) is 16.0 Å². The van der Waals surface area contributed by atoms with Gasteiger partial charge in [0.05, 0.1) is 0 Å². The Balaban J connectivity index is 2.01. The molecule has 154 valence electrons. The maximum atomic E-state index is 12.1. The summed E-state index contributed by atoms with van der Waals surface area (Å²) in [5, 5.41) is 11.9. The van der Waals surface area contributed by atoms with Gasteiger partial charge in [0.25, 0.3) is 0 Å². The molecule has 1 unspecified atom stereocenters. The van der Waals surface area contributed by atoms with Crippen molar-refractivity contribution < 1.29 is 19.4 Å². The van der Waals surface area contributed by atoms with Crippen LogP contribution in [0.1, 0.15) is 39.2 Å².